The van der Waals surface area contributed by atoms with Crippen molar-refractivity contribution in [3.05, 3.63) is 89.7 Å². The van der Waals surface area contributed by atoms with Gasteiger partial charge < -0.3 is 20.3 Å². The number of amides is 1. The second kappa shape index (κ2) is 9.11. The van der Waals surface area contributed by atoms with E-state index >= 15 is 0 Å². The van der Waals surface area contributed by atoms with Crippen LogP contribution >= 0.6 is 0 Å². The van der Waals surface area contributed by atoms with Gasteiger partial charge in [-0.2, -0.15) is 0 Å². The maximum absolute atomic E-state index is 13.6. The summed E-state index contributed by atoms with van der Waals surface area (Å²) in [5.41, 5.74) is 3.21. The third kappa shape index (κ3) is 4.38. The molecule has 0 aliphatic carbocycles. The molecule has 176 valence electrons. The first-order chi connectivity index (χ1) is 16.5. The van der Waals surface area contributed by atoms with Gasteiger partial charge in [-0.05, 0) is 79.8 Å². The molecule has 2 heterocycles. The Morgan fingerprint density at radius 1 is 1.12 bits per heavy atom. The van der Waals surface area contributed by atoms with Crippen molar-refractivity contribution < 1.29 is 13.9 Å². The summed E-state index contributed by atoms with van der Waals surface area (Å²) in [7, 11) is 3.37. The first-order valence-corrected chi connectivity index (χ1v) is 11.8. The third-order valence-electron chi connectivity index (χ3n) is 7.17. The van der Waals surface area contributed by atoms with Crippen LogP contribution in [0.2, 0.25) is 0 Å². The lowest BCUT2D eigenvalue weighted by atomic mass is 9.81. The summed E-state index contributed by atoms with van der Waals surface area (Å²) in [5, 5.41) is 7.55. The van der Waals surface area contributed by atoms with Gasteiger partial charge >= 0.3 is 0 Å². The molecule has 3 aromatic rings. The fraction of sp³-hybridized carbons (Fsp3) is 0.321. The molecule has 5 rings (SSSR count). The van der Waals surface area contributed by atoms with E-state index in [-0.39, 0.29) is 23.3 Å². The molecule has 0 spiro atoms. The van der Waals surface area contributed by atoms with Gasteiger partial charge in [0.25, 0.3) is 5.91 Å². The molecule has 2 bridgehead atoms. The number of methoxy groups -OCH3 is 1. The van der Waals surface area contributed by atoms with Crippen LogP contribution in [0.1, 0.15) is 41.6 Å². The largest absolute Gasteiger partial charge is 0.497 e. The summed E-state index contributed by atoms with van der Waals surface area (Å²) in [6.45, 7) is 0. The Morgan fingerprint density at radius 2 is 1.94 bits per heavy atom. The molecule has 5 nitrogen and oxygen atoms in total. The molecule has 0 radical (unpaired) electrons. The van der Waals surface area contributed by atoms with Crippen molar-refractivity contribution in [2.24, 2.45) is 0 Å². The summed E-state index contributed by atoms with van der Waals surface area (Å²) in [4.78, 5) is 14.5. The topological polar surface area (TPSA) is 53.6 Å². The zero-order valence-electron chi connectivity index (χ0n) is 19.6. The lowest BCUT2D eigenvalue weighted by molar-refractivity contribution is 0.0993. The van der Waals surface area contributed by atoms with Crippen molar-refractivity contribution in [1.82, 2.24) is 5.32 Å². The quantitative estimate of drug-likeness (QED) is 0.523. The predicted octanol–water partition coefficient (Wildman–Crippen LogP) is 5.33. The molecule has 2 saturated heterocycles. The third-order valence-corrected chi connectivity index (χ3v) is 7.17. The van der Waals surface area contributed by atoms with Crippen LogP contribution in [0.3, 0.4) is 0 Å². The Bertz CT molecular complexity index is 1200. The summed E-state index contributed by atoms with van der Waals surface area (Å²) >= 11 is 0. The number of carbonyl (C=O) groups excluding carboxylic acids is 1. The monoisotopic (exact) mass is 459 g/mol. The molecule has 2 fully saturated rings. The number of fused-ring (bicyclic) bond motifs is 2. The van der Waals surface area contributed by atoms with E-state index in [4.69, 9.17) is 4.74 Å². The van der Waals surface area contributed by atoms with E-state index in [0.717, 1.165) is 37.1 Å². The maximum Gasteiger partial charge on any atom is 0.258 e. The summed E-state index contributed by atoms with van der Waals surface area (Å²) in [5.74, 6) is 0.339. The van der Waals surface area contributed by atoms with Crippen molar-refractivity contribution in [2.45, 2.75) is 43.3 Å². The highest BCUT2D eigenvalue weighted by Gasteiger charge is 2.46. The van der Waals surface area contributed by atoms with Gasteiger partial charge in [0.1, 0.15) is 11.6 Å². The second-order valence-corrected chi connectivity index (χ2v) is 9.40. The molecule has 2 aliphatic heterocycles. The normalized spacial score (nSPS) is 23.4. The highest BCUT2D eigenvalue weighted by molar-refractivity contribution is 6.06. The predicted molar refractivity (Wildman–Crippen MR) is 133 cm³/mol. The molecule has 3 aromatic carbocycles. The number of anilines is 2. The molecule has 6 heteroatoms. The Balaban J connectivity index is 1.33. The Morgan fingerprint density at radius 3 is 2.76 bits per heavy atom. The van der Waals surface area contributed by atoms with Gasteiger partial charge in [0.15, 0.2) is 0 Å². The van der Waals surface area contributed by atoms with Gasteiger partial charge in [0, 0.05) is 41.6 Å². The van der Waals surface area contributed by atoms with Crippen LogP contribution in [0.15, 0.2) is 72.8 Å². The number of piperidine rings is 1. The fourth-order valence-electron chi connectivity index (χ4n) is 5.49. The first-order valence-electron chi connectivity index (χ1n) is 11.8. The van der Waals surface area contributed by atoms with E-state index in [1.54, 1.807) is 32.4 Å². The number of benzene rings is 3. The van der Waals surface area contributed by atoms with E-state index in [1.165, 1.54) is 22.6 Å². The van der Waals surface area contributed by atoms with Crippen LogP contribution in [0.4, 0.5) is 15.8 Å². The molecule has 3 unspecified atom stereocenters. The molecule has 0 aromatic heterocycles. The van der Waals surface area contributed by atoms with Gasteiger partial charge in [0.05, 0.1) is 7.11 Å². The van der Waals surface area contributed by atoms with Crippen LogP contribution in [0, 0.1) is 5.82 Å². The van der Waals surface area contributed by atoms with Crippen LogP contribution in [-0.2, 0) is 5.54 Å². The zero-order chi connectivity index (χ0) is 23.7. The van der Waals surface area contributed by atoms with Crippen molar-refractivity contribution in [3.8, 4) is 5.75 Å². The minimum atomic E-state index is -0.363. The van der Waals surface area contributed by atoms with Gasteiger partial charge in [-0.25, -0.2) is 4.39 Å². The zero-order valence-corrected chi connectivity index (χ0v) is 19.6. The Labute approximate surface area is 199 Å². The molecular formula is C28H30FN3O2. The van der Waals surface area contributed by atoms with E-state index in [9.17, 15) is 9.18 Å². The highest BCUT2D eigenvalue weighted by Crippen LogP contribution is 2.44. The molecule has 1 amide bonds. The molecule has 0 saturated carbocycles. The first kappa shape index (κ1) is 22.4. The number of nitrogens with one attached hydrogen (secondary N) is 2. The molecule has 2 aliphatic rings. The number of carbonyl (C=O) groups is 1. The Kier molecular flexibility index (Phi) is 6.00. The van der Waals surface area contributed by atoms with Crippen molar-refractivity contribution in [1.29, 1.82) is 0 Å². The van der Waals surface area contributed by atoms with E-state index in [0.29, 0.717) is 17.3 Å². The smallest absolute Gasteiger partial charge is 0.258 e. The number of rotatable bonds is 6. The summed E-state index contributed by atoms with van der Waals surface area (Å²) < 4.78 is 19.1. The van der Waals surface area contributed by atoms with Crippen molar-refractivity contribution in [2.75, 3.05) is 24.4 Å². The highest BCUT2D eigenvalue weighted by atomic mass is 19.1. The molecule has 2 N–H and O–H groups in total. The molecule has 3 atom stereocenters. The van der Waals surface area contributed by atoms with Crippen molar-refractivity contribution in [3.63, 3.8) is 0 Å². The second-order valence-electron chi connectivity index (χ2n) is 9.40. The number of hydrogen-bond acceptors (Lipinski definition) is 4. The lowest BCUT2D eigenvalue weighted by Crippen LogP contribution is -2.50. The minimum Gasteiger partial charge on any atom is -0.497 e. The van der Waals surface area contributed by atoms with Gasteiger partial charge in [-0.1, -0.05) is 24.3 Å². The molecular weight excluding hydrogens is 429 g/mol. The average molecular weight is 460 g/mol. The van der Waals surface area contributed by atoms with Gasteiger partial charge in [-0.3, -0.25) is 4.79 Å². The maximum atomic E-state index is 13.6. The van der Waals surface area contributed by atoms with Crippen LogP contribution in [-0.4, -0.2) is 32.1 Å². The van der Waals surface area contributed by atoms with E-state index < -0.39 is 0 Å². The summed E-state index contributed by atoms with van der Waals surface area (Å²) in [6, 6.07) is 22.8. The fourth-order valence-corrected chi connectivity index (χ4v) is 5.49. The number of ether oxygens (including phenoxy) is 1. The van der Waals surface area contributed by atoms with Crippen molar-refractivity contribution >= 4 is 17.3 Å². The lowest BCUT2D eigenvalue weighted by Gasteiger charge is -2.40. The van der Waals surface area contributed by atoms with E-state index in [2.05, 4.69) is 28.8 Å². The Hall–Kier alpha value is -3.38. The van der Waals surface area contributed by atoms with Gasteiger partial charge in [0.2, 0.25) is 0 Å². The molecule has 34 heavy (non-hydrogen) atoms. The van der Waals surface area contributed by atoms with Crippen LogP contribution in [0.5, 0.6) is 5.75 Å². The number of nitrogens with zero attached hydrogens (tertiary/aromatic N) is 1. The standard InChI is InChI=1S/C28H30FN3O2/c1-32(25-10-5-8-21(29)16-25)27(33)19-6-3-9-22(14-19)30-24-17-23-12-13-28(18-24,31-23)20-7-4-11-26(15-20)34-2/h3-11,14-16,23-24,30-31H,12-13,17-18H2,1-2H3. The van der Waals surface area contributed by atoms with Crippen LogP contribution in [0.25, 0.3) is 0 Å². The SMILES string of the molecule is COc1cccc(C23CCC(CC(Nc4cccc(C(=O)N(C)c5cccc(F)c5)c4)C2)N3)c1. The number of halogens is 1. The van der Waals surface area contributed by atoms with Gasteiger partial charge in [-0.15, -0.1) is 0 Å². The summed E-state index contributed by atoms with van der Waals surface area (Å²) in [6.07, 6.45) is 4.23. The van der Waals surface area contributed by atoms with Crippen LogP contribution < -0.4 is 20.3 Å². The number of hydrogen-bond donors (Lipinski definition) is 2. The average Bonchev–Trinajstić information content (AvgIpc) is 3.18. The van der Waals surface area contributed by atoms with E-state index in [1.807, 2.05) is 24.3 Å². The minimum absolute atomic E-state index is 0.0693.